The Balaban J connectivity index is 1.58. The van der Waals surface area contributed by atoms with Crippen LogP contribution in [-0.4, -0.2) is 13.2 Å². The fourth-order valence-electron chi connectivity index (χ4n) is 3.17. The molecule has 0 saturated carbocycles. The normalized spacial score (nSPS) is 11.9. The number of hydrogen-bond donors (Lipinski definition) is 1. The molecule has 0 aliphatic carbocycles. The summed E-state index contributed by atoms with van der Waals surface area (Å²) < 4.78 is 12.5. The average molecular weight is 489 g/mol. The van der Waals surface area contributed by atoms with Crippen molar-refractivity contribution in [3.63, 3.8) is 0 Å². The number of ether oxygens (including phenoxy) is 2. The van der Waals surface area contributed by atoms with Gasteiger partial charge in [0.1, 0.15) is 6.61 Å². The Morgan fingerprint density at radius 1 is 0.967 bits per heavy atom. The highest BCUT2D eigenvalue weighted by atomic mass is 79.9. The van der Waals surface area contributed by atoms with E-state index < -0.39 is 0 Å². The quantitative estimate of drug-likeness (QED) is 0.340. The Kier molecular flexibility index (Phi) is 8.61. The second kappa shape index (κ2) is 11.4. The van der Waals surface area contributed by atoms with Crippen LogP contribution in [-0.2, 0) is 19.6 Å². The molecule has 0 spiro atoms. The minimum atomic E-state index is 0.386. The van der Waals surface area contributed by atoms with Gasteiger partial charge in [-0.25, -0.2) is 0 Å². The zero-order valence-electron chi connectivity index (χ0n) is 17.3. The van der Waals surface area contributed by atoms with Crippen molar-refractivity contribution in [1.82, 2.24) is 5.32 Å². The first-order valence-electron chi connectivity index (χ1n) is 10.1. The summed E-state index contributed by atoms with van der Waals surface area (Å²) in [6.07, 6.45) is 2.14. The molecule has 3 aromatic carbocycles. The molecule has 1 N–H and O–H groups in total. The largest absolute Gasteiger partial charge is 0.493 e. The molecule has 3 nitrogen and oxygen atoms in total. The monoisotopic (exact) mass is 487 g/mol. The van der Waals surface area contributed by atoms with E-state index in [0.717, 1.165) is 35.0 Å². The van der Waals surface area contributed by atoms with Crippen LogP contribution in [0.2, 0.25) is 5.02 Å². The molecular formula is C25H27BrClNO2. The number of aryl methyl sites for hydroxylation is 1. The van der Waals surface area contributed by atoms with Crippen molar-refractivity contribution in [3.8, 4) is 11.5 Å². The van der Waals surface area contributed by atoms with Crippen molar-refractivity contribution in [2.75, 3.05) is 7.11 Å². The summed E-state index contributed by atoms with van der Waals surface area (Å²) in [6.45, 7) is 3.35. The van der Waals surface area contributed by atoms with E-state index in [1.165, 1.54) is 5.56 Å². The molecule has 0 radical (unpaired) electrons. The van der Waals surface area contributed by atoms with Gasteiger partial charge in [0.25, 0.3) is 0 Å². The first-order chi connectivity index (χ1) is 14.6. The van der Waals surface area contributed by atoms with Gasteiger partial charge in [0.2, 0.25) is 0 Å². The maximum absolute atomic E-state index is 6.23. The topological polar surface area (TPSA) is 30.5 Å². The molecule has 3 aromatic rings. The SMILES string of the molecule is COc1cc(CNC(C)CCc2ccccc2)c(Br)cc1OCc1ccccc1Cl. The zero-order chi connectivity index (χ0) is 21.3. The standard InChI is InChI=1S/C25H27BrClNO2/c1-18(12-13-19-8-4-3-5-9-19)28-16-21-14-24(29-2)25(15-22(21)26)30-17-20-10-6-7-11-23(20)27/h3-11,14-15,18,28H,12-13,16-17H2,1-2H3. The highest BCUT2D eigenvalue weighted by molar-refractivity contribution is 9.10. The van der Waals surface area contributed by atoms with E-state index in [-0.39, 0.29) is 0 Å². The van der Waals surface area contributed by atoms with Crippen LogP contribution in [0.4, 0.5) is 0 Å². The molecule has 0 bridgehead atoms. The maximum Gasteiger partial charge on any atom is 0.162 e. The van der Waals surface area contributed by atoms with Crippen molar-refractivity contribution >= 4 is 27.5 Å². The minimum absolute atomic E-state index is 0.386. The lowest BCUT2D eigenvalue weighted by Gasteiger charge is -2.17. The van der Waals surface area contributed by atoms with Crippen LogP contribution < -0.4 is 14.8 Å². The van der Waals surface area contributed by atoms with E-state index in [2.05, 4.69) is 58.5 Å². The van der Waals surface area contributed by atoms with Crippen molar-refractivity contribution in [1.29, 1.82) is 0 Å². The van der Waals surface area contributed by atoms with Crippen LogP contribution in [0.1, 0.15) is 30.0 Å². The molecule has 158 valence electrons. The number of rotatable bonds is 10. The highest BCUT2D eigenvalue weighted by Gasteiger charge is 2.12. The van der Waals surface area contributed by atoms with Gasteiger partial charge in [0.05, 0.1) is 7.11 Å². The molecule has 0 saturated heterocycles. The molecule has 0 aliphatic rings. The number of nitrogens with one attached hydrogen (secondary N) is 1. The molecule has 0 aromatic heterocycles. The highest BCUT2D eigenvalue weighted by Crippen LogP contribution is 2.34. The van der Waals surface area contributed by atoms with E-state index in [1.807, 2.05) is 36.4 Å². The third kappa shape index (κ3) is 6.49. The fraction of sp³-hybridized carbons (Fsp3) is 0.280. The molecule has 5 heteroatoms. The fourth-order valence-corrected chi connectivity index (χ4v) is 3.82. The van der Waals surface area contributed by atoms with Gasteiger partial charge in [-0.3, -0.25) is 0 Å². The van der Waals surface area contributed by atoms with E-state index >= 15 is 0 Å². The molecule has 0 aliphatic heterocycles. The van der Waals surface area contributed by atoms with Crippen LogP contribution in [0, 0.1) is 0 Å². The lowest BCUT2D eigenvalue weighted by Crippen LogP contribution is -2.26. The van der Waals surface area contributed by atoms with Gasteiger partial charge in [0.15, 0.2) is 11.5 Å². The Hall–Kier alpha value is -2.01. The van der Waals surface area contributed by atoms with Crippen LogP contribution >= 0.6 is 27.5 Å². The molecule has 1 unspecified atom stereocenters. The van der Waals surface area contributed by atoms with Crippen molar-refractivity contribution < 1.29 is 9.47 Å². The number of benzene rings is 3. The van der Waals surface area contributed by atoms with Crippen LogP contribution in [0.3, 0.4) is 0 Å². The Morgan fingerprint density at radius 3 is 2.43 bits per heavy atom. The van der Waals surface area contributed by atoms with E-state index in [4.69, 9.17) is 21.1 Å². The number of halogens is 2. The molecule has 3 rings (SSSR count). The summed E-state index contributed by atoms with van der Waals surface area (Å²) in [7, 11) is 1.66. The van der Waals surface area contributed by atoms with E-state index in [1.54, 1.807) is 7.11 Å². The first-order valence-corrected chi connectivity index (χ1v) is 11.2. The van der Waals surface area contributed by atoms with Gasteiger partial charge >= 0.3 is 0 Å². The van der Waals surface area contributed by atoms with Crippen molar-refractivity contribution in [3.05, 3.63) is 92.9 Å². The summed E-state index contributed by atoms with van der Waals surface area (Å²) in [6, 6.07) is 22.6. The molecule has 0 heterocycles. The molecular weight excluding hydrogens is 462 g/mol. The second-order valence-electron chi connectivity index (χ2n) is 7.28. The van der Waals surface area contributed by atoms with Crippen LogP contribution in [0.15, 0.2) is 71.2 Å². The maximum atomic E-state index is 6.23. The van der Waals surface area contributed by atoms with Gasteiger partial charge in [-0.2, -0.15) is 0 Å². The Bertz CT molecular complexity index is 949. The summed E-state index contributed by atoms with van der Waals surface area (Å²) in [5.41, 5.74) is 3.44. The minimum Gasteiger partial charge on any atom is -0.493 e. The summed E-state index contributed by atoms with van der Waals surface area (Å²) in [5, 5.41) is 4.30. The zero-order valence-corrected chi connectivity index (χ0v) is 19.7. The number of hydrogen-bond acceptors (Lipinski definition) is 3. The van der Waals surface area contributed by atoms with Gasteiger partial charge in [-0.1, -0.05) is 76.1 Å². The van der Waals surface area contributed by atoms with E-state index in [0.29, 0.717) is 29.2 Å². The van der Waals surface area contributed by atoms with Crippen LogP contribution in [0.25, 0.3) is 0 Å². The second-order valence-corrected chi connectivity index (χ2v) is 8.54. The van der Waals surface area contributed by atoms with E-state index in [9.17, 15) is 0 Å². The summed E-state index contributed by atoms with van der Waals surface area (Å²) in [5.74, 6) is 1.39. The molecule has 0 amide bonds. The van der Waals surface area contributed by atoms with Crippen LogP contribution in [0.5, 0.6) is 11.5 Å². The van der Waals surface area contributed by atoms with Crippen molar-refractivity contribution in [2.24, 2.45) is 0 Å². The van der Waals surface area contributed by atoms with Gasteiger partial charge in [-0.05, 0) is 49.1 Å². The summed E-state index contributed by atoms with van der Waals surface area (Å²) >= 11 is 9.90. The molecule has 0 fully saturated rings. The van der Waals surface area contributed by atoms with Crippen molar-refractivity contribution in [2.45, 2.75) is 39.0 Å². The lowest BCUT2D eigenvalue weighted by molar-refractivity contribution is 0.284. The predicted molar refractivity (Wildman–Crippen MR) is 128 cm³/mol. The third-order valence-electron chi connectivity index (χ3n) is 5.02. The Morgan fingerprint density at radius 2 is 1.70 bits per heavy atom. The Labute approximate surface area is 192 Å². The first kappa shape index (κ1) is 22.7. The number of methoxy groups -OCH3 is 1. The lowest BCUT2D eigenvalue weighted by atomic mass is 10.1. The van der Waals surface area contributed by atoms with Gasteiger partial charge in [-0.15, -0.1) is 0 Å². The van der Waals surface area contributed by atoms with Gasteiger partial charge < -0.3 is 14.8 Å². The molecule has 30 heavy (non-hydrogen) atoms. The van der Waals surface area contributed by atoms with Gasteiger partial charge in [0, 0.05) is 27.6 Å². The third-order valence-corrected chi connectivity index (χ3v) is 6.13. The predicted octanol–water partition coefficient (Wildman–Crippen LogP) is 6.80. The smallest absolute Gasteiger partial charge is 0.162 e. The summed E-state index contributed by atoms with van der Waals surface area (Å²) in [4.78, 5) is 0. The molecule has 1 atom stereocenters. The average Bonchev–Trinajstić information content (AvgIpc) is 2.77.